The summed E-state index contributed by atoms with van der Waals surface area (Å²) >= 11 is 3.51. The van der Waals surface area contributed by atoms with Gasteiger partial charge in [0.15, 0.2) is 11.6 Å². The Morgan fingerprint density at radius 1 is 1.21 bits per heavy atom. The summed E-state index contributed by atoms with van der Waals surface area (Å²) in [6.07, 6.45) is 0. The van der Waals surface area contributed by atoms with Crippen LogP contribution in [0.2, 0.25) is 0 Å². The Morgan fingerprint density at radius 2 is 1.95 bits per heavy atom. The molecular weight excluding hydrogens is 309 g/mol. The average molecular weight is 324 g/mol. The van der Waals surface area contributed by atoms with Crippen LogP contribution in [0.5, 0.6) is 5.75 Å². The fraction of sp³-hybridized carbons (Fsp3) is 0.200. The lowest BCUT2D eigenvalue weighted by Crippen LogP contribution is -2.07. The van der Waals surface area contributed by atoms with Gasteiger partial charge in [0.05, 0.1) is 7.11 Å². The van der Waals surface area contributed by atoms with Gasteiger partial charge in [0, 0.05) is 22.3 Å². The molecule has 0 heterocycles. The summed E-state index contributed by atoms with van der Waals surface area (Å²) < 4.78 is 19.5. The van der Waals surface area contributed by atoms with E-state index in [0.29, 0.717) is 0 Å². The van der Waals surface area contributed by atoms with Gasteiger partial charge in [-0.3, -0.25) is 0 Å². The highest BCUT2D eigenvalue weighted by molar-refractivity contribution is 9.10. The number of rotatable bonds is 4. The summed E-state index contributed by atoms with van der Waals surface area (Å²) in [7, 11) is 1.45. The van der Waals surface area contributed by atoms with Gasteiger partial charge in [0.25, 0.3) is 0 Å². The number of ether oxygens (including phenoxy) is 1. The fourth-order valence-corrected chi connectivity index (χ4v) is 2.54. The van der Waals surface area contributed by atoms with E-state index >= 15 is 0 Å². The van der Waals surface area contributed by atoms with Gasteiger partial charge >= 0.3 is 0 Å². The first-order valence-corrected chi connectivity index (χ1v) is 6.75. The van der Waals surface area contributed by atoms with Crippen molar-refractivity contribution in [3.8, 4) is 5.75 Å². The molecule has 1 atom stereocenters. The molecule has 4 heteroatoms. The lowest BCUT2D eigenvalue weighted by atomic mass is 10.1. The van der Waals surface area contributed by atoms with Crippen LogP contribution in [-0.2, 0) is 0 Å². The number of halogens is 2. The van der Waals surface area contributed by atoms with Gasteiger partial charge in [-0.1, -0.05) is 34.1 Å². The third-order valence-corrected chi connectivity index (χ3v) is 3.63. The second-order valence-electron chi connectivity index (χ2n) is 4.24. The Hall–Kier alpha value is -1.55. The molecule has 0 radical (unpaired) electrons. The Balaban J connectivity index is 2.17. The van der Waals surface area contributed by atoms with Crippen LogP contribution in [0.4, 0.5) is 10.1 Å². The van der Waals surface area contributed by atoms with Crippen LogP contribution in [-0.4, -0.2) is 7.11 Å². The molecule has 0 fully saturated rings. The molecule has 2 rings (SSSR count). The molecule has 0 bridgehead atoms. The largest absolute Gasteiger partial charge is 0.494 e. The summed E-state index contributed by atoms with van der Waals surface area (Å²) in [5.74, 6) is -0.120. The molecular formula is C15H15BrFNO. The van der Waals surface area contributed by atoms with E-state index in [2.05, 4.69) is 21.2 Å². The van der Waals surface area contributed by atoms with Crippen LogP contribution in [0.3, 0.4) is 0 Å². The molecule has 0 saturated carbocycles. The Morgan fingerprint density at radius 3 is 2.58 bits per heavy atom. The minimum Gasteiger partial charge on any atom is -0.494 e. The maximum absolute atomic E-state index is 13.6. The van der Waals surface area contributed by atoms with E-state index in [0.717, 1.165) is 15.7 Å². The molecule has 100 valence electrons. The van der Waals surface area contributed by atoms with E-state index in [-0.39, 0.29) is 17.6 Å². The van der Waals surface area contributed by atoms with Crippen molar-refractivity contribution in [2.24, 2.45) is 0 Å². The molecule has 1 unspecified atom stereocenters. The maximum Gasteiger partial charge on any atom is 0.167 e. The number of methoxy groups -OCH3 is 1. The molecule has 0 amide bonds. The minimum atomic E-state index is -0.369. The Kier molecular flexibility index (Phi) is 4.43. The van der Waals surface area contributed by atoms with Crippen molar-refractivity contribution in [2.45, 2.75) is 13.0 Å². The van der Waals surface area contributed by atoms with E-state index in [1.807, 2.05) is 31.2 Å². The third-order valence-electron chi connectivity index (χ3n) is 2.91. The first kappa shape index (κ1) is 13.9. The number of hydrogen-bond donors (Lipinski definition) is 1. The van der Waals surface area contributed by atoms with Crippen LogP contribution >= 0.6 is 15.9 Å². The predicted octanol–water partition coefficient (Wildman–Crippen LogP) is 4.77. The van der Waals surface area contributed by atoms with Gasteiger partial charge in [0.2, 0.25) is 0 Å². The number of nitrogens with one attached hydrogen (secondary N) is 1. The molecule has 19 heavy (non-hydrogen) atoms. The zero-order valence-electron chi connectivity index (χ0n) is 10.8. The zero-order valence-corrected chi connectivity index (χ0v) is 12.4. The molecule has 0 aliphatic heterocycles. The standard InChI is InChI=1S/C15H15BrFNO/c1-10(12-5-3-4-6-13(12)16)18-11-7-8-15(19-2)14(17)9-11/h3-10,18H,1-2H3. The Labute approximate surface area is 120 Å². The number of anilines is 1. The highest BCUT2D eigenvalue weighted by Crippen LogP contribution is 2.27. The Bertz CT molecular complexity index is 574. The minimum absolute atomic E-state index is 0.0726. The second-order valence-corrected chi connectivity index (χ2v) is 5.09. The highest BCUT2D eigenvalue weighted by Gasteiger charge is 2.10. The molecule has 0 spiro atoms. The van der Waals surface area contributed by atoms with E-state index in [9.17, 15) is 4.39 Å². The van der Waals surface area contributed by atoms with E-state index in [1.165, 1.54) is 13.2 Å². The van der Waals surface area contributed by atoms with Crippen molar-refractivity contribution >= 4 is 21.6 Å². The maximum atomic E-state index is 13.6. The normalized spacial score (nSPS) is 12.0. The topological polar surface area (TPSA) is 21.3 Å². The van der Waals surface area contributed by atoms with Crippen LogP contribution in [0.25, 0.3) is 0 Å². The predicted molar refractivity (Wildman–Crippen MR) is 79.1 cm³/mol. The van der Waals surface area contributed by atoms with Gasteiger partial charge in [-0.25, -0.2) is 4.39 Å². The van der Waals surface area contributed by atoms with Gasteiger partial charge in [0.1, 0.15) is 0 Å². The quantitative estimate of drug-likeness (QED) is 0.875. The van der Waals surface area contributed by atoms with Gasteiger partial charge in [-0.05, 0) is 30.7 Å². The van der Waals surface area contributed by atoms with Gasteiger partial charge in [-0.15, -0.1) is 0 Å². The first-order chi connectivity index (χ1) is 9.11. The van der Waals surface area contributed by atoms with Crippen molar-refractivity contribution < 1.29 is 9.13 Å². The first-order valence-electron chi connectivity index (χ1n) is 5.96. The zero-order chi connectivity index (χ0) is 13.8. The average Bonchev–Trinajstić information content (AvgIpc) is 2.39. The summed E-state index contributed by atoms with van der Waals surface area (Å²) in [5.41, 5.74) is 1.85. The van der Waals surface area contributed by atoms with Gasteiger partial charge < -0.3 is 10.1 Å². The van der Waals surface area contributed by atoms with Crippen LogP contribution in [0.1, 0.15) is 18.5 Å². The molecule has 2 nitrogen and oxygen atoms in total. The fourth-order valence-electron chi connectivity index (χ4n) is 1.91. The SMILES string of the molecule is COc1ccc(NC(C)c2ccccc2Br)cc1F. The van der Waals surface area contributed by atoms with Crippen LogP contribution in [0.15, 0.2) is 46.9 Å². The van der Waals surface area contributed by atoms with Gasteiger partial charge in [-0.2, -0.15) is 0 Å². The molecule has 2 aromatic rings. The summed E-state index contributed by atoms with van der Waals surface area (Å²) in [6, 6.07) is 12.9. The second kappa shape index (κ2) is 6.06. The molecule has 0 aliphatic rings. The lowest BCUT2D eigenvalue weighted by Gasteiger charge is -2.17. The smallest absolute Gasteiger partial charge is 0.167 e. The van der Waals surface area contributed by atoms with Crippen molar-refractivity contribution in [3.05, 3.63) is 58.3 Å². The van der Waals surface area contributed by atoms with Crippen LogP contribution in [0, 0.1) is 5.82 Å². The molecule has 0 aliphatic carbocycles. The molecule has 1 N–H and O–H groups in total. The summed E-state index contributed by atoms with van der Waals surface area (Å²) in [5, 5.41) is 3.27. The van der Waals surface area contributed by atoms with Crippen molar-refractivity contribution in [2.75, 3.05) is 12.4 Å². The highest BCUT2D eigenvalue weighted by atomic mass is 79.9. The van der Waals surface area contributed by atoms with E-state index < -0.39 is 0 Å². The van der Waals surface area contributed by atoms with Crippen molar-refractivity contribution in [1.29, 1.82) is 0 Å². The van der Waals surface area contributed by atoms with Crippen molar-refractivity contribution in [1.82, 2.24) is 0 Å². The molecule has 0 saturated heterocycles. The third kappa shape index (κ3) is 3.26. The summed E-state index contributed by atoms with van der Waals surface area (Å²) in [4.78, 5) is 0. The van der Waals surface area contributed by atoms with E-state index in [1.54, 1.807) is 12.1 Å². The molecule has 0 aromatic heterocycles. The monoisotopic (exact) mass is 323 g/mol. The lowest BCUT2D eigenvalue weighted by molar-refractivity contribution is 0.386. The van der Waals surface area contributed by atoms with E-state index in [4.69, 9.17) is 4.74 Å². The molecule has 2 aromatic carbocycles. The summed E-state index contributed by atoms with van der Waals surface area (Å²) in [6.45, 7) is 2.03. The number of benzene rings is 2. The van der Waals surface area contributed by atoms with Crippen LogP contribution < -0.4 is 10.1 Å². The number of hydrogen-bond acceptors (Lipinski definition) is 2. The van der Waals surface area contributed by atoms with Crippen molar-refractivity contribution in [3.63, 3.8) is 0 Å².